The fourth-order valence-electron chi connectivity index (χ4n) is 6.23. The van der Waals surface area contributed by atoms with E-state index in [1.54, 1.807) is 31.2 Å². The molecule has 0 bridgehead atoms. The molecule has 0 radical (unpaired) electrons. The van der Waals surface area contributed by atoms with Crippen LogP contribution in [-0.4, -0.2) is 51.9 Å². The number of carbonyl (C=O) groups excluding carboxylic acids is 2. The van der Waals surface area contributed by atoms with E-state index in [0.29, 0.717) is 46.8 Å². The lowest BCUT2D eigenvalue weighted by atomic mass is 9.70. The SMILES string of the molecule is COc1cc(C(=O)NCC(O)(c2cc3c(c(-c4ccc(Cl)c(F)c4)n2)OC[C@]3(C)C(N)=O)C2CCC2)cc2cn(C3CC3)nc12. The Labute approximate surface area is 263 Å². The number of hydrogen-bond donors (Lipinski definition) is 3. The van der Waals surface area contributed by atoms with Gasteiger partial charge in [0.15, 0.2) is 0 Å². The second-order valence-corrected chi connectivity index (χ2v) is 12.9. The zero-order chi connectivity index (χ0) is 31.7. The van der Waals surface area contributed by atoms with Gasteiger partial charge < -0.3 is 25.6 Å². The van der Waals surface area contributed by atoms with Crippen molar-refractivity contribution in [3.8, 4) is 22.8 Å². The summed E-state index contributed by atoms with van der Waals surface area (Å²) in [7, 11) is 1.54. The molecule has 1 aliphatic heterocycles. The number of carbonyl (C=O) groups is 2. The molecule has 12 heteroatoms. The normalized spacial score (nSPS) is 20.6. The maximum Gasteiger partial charge on any atom is 0.251 e. The van der Waals surface area contributed by atoms with Crippen molar-refractivity contribution in [2.45, 2.75) is 56.1 Å². The van der Waals surface area contributed by atoms with Crippen LogP contribution in [0.4, 0.5) is 4.39 Å². The number of nitrogens with zero attached hydrogens (tertiary/aromatic N) is 3. The molecule has 2 aromatic carbocycles. The first kappa shape index (κ1) is 29.5. The molecule has 0 spiro atoms. The molecule has 234 valence electrons. The Morgan fingerprint density at radius 3 is 2.67 bits per heavy atom. The number of ether oxygens (including phenoxy) is 2. The van der Waals surface area contributed by atoms with Gasteiger partial charge in [0.2, 0.25) is 5.91 Å². The van der Waals surface area contributed by atoms with Crippen LogP contribution in [0.2, 0.25) is 5.02 Å². The van der Waals surface area contributed by atoms with E-state index in [9.17, 15) is 19.1 Å². The van der Waals surface area contributed by atoms with Crippen LogP contribution < -0.4 is 20.5 Å². The lowest BCUT2D eigenvalue weighted by molar-refractivity contribution is -0.123. The molecule has 10 nitrogen and oxygen atoms in total. The van der Waals surface area contributed by atoms with E-state index in [1.807, 2.05) is 10.9 Å². The van der Waals surface area contributed by atoms with Gasteiger partial charge in [-0.15, -0.1) is 0 Å². The van der Waals surface area contributed by atoms with Crippen LogP contribution in [0.3, 0.4) is 0 Å². The van der Waals surface area contributed by atoms with Crippen molar-refractivity contribution in [3.63, 3.8) is 0 Å². The van der Waals surface area contributed by atoms with E-state index >= 15 is 0 Å². The van der Waals surface area contributed by atoms with E-state index in [1.165, 1.54) is 19.2 Å². The van der Waals surface area contributed by atoms with Crippen LogP contribution in [-0.2, 0) is 15.8 Å². The second-order valence-electron chi connectivity index (χ2n) is 12.5. The fraction of sp³-hybridized carbons (Fsp3) is 0.394. The molecule has 45 heavy (non-hydrogen) atoms. The van der Waals surface area contributed by atoms with Crippen molar-refractivity contribution in [3.05, 3.63) is 70.3 Å². The number of aromatic nitrogens is 3. The highest BCUT2D eigenvalue weighted by atomic mass is 35.5. The van der Waals surface area contributed by atoms with E-state index in [0.717, 1.165) is 24.6 Å². The number of fused-ring (bicyclic) bond motifs is 2. The summed E-state index contributed by atoms with van der Waals surface area (Å²) in [5.74, 6) is -1.12. The standard InChI is InChI=1S/C33H33ClFN5O5/c1-32(31(36)42)16-45-29-22(32)13-26(38-28(29)17-6-9-23(34)24(35)11-17)33(43,20-4-3-5-20)15-37-30(41)18-10-19-14-40(21-7-8-21)39-27(19)25(12-18)44-2/h6,9-14,20-21,43H,3-5,7-8,15-16H2,1-2H3,(H2,36,42)(H,37,41)/t32-,33?/m0/s1. The summed E-state index contributed by atoms with van der Waals surface area (Å²) in [4.78, 5) is 31.1. The Balaban J connectivity index is 1.27. The minimum Gasteiger partial charge on any atom is -0.494 e. The van der Waals surface area contributed by atoms with Crippen LogP contribution in [0.5, 0.6) is 11.5 Å². The molecule has 0 saturated heterocycles. The number of nitrogens with two attached hydrogens (primary N) is 1. The highest BCUT2D eigenvalue weighted by Gasteiger charge is 2.48. The third-order valence-electron chi connectivity index (χ3n) is 9.55. The third-order valence-corrected chi connectivity index (χ3v) is 9.85. The average molecular weight is 634 g/mol. The van der Waals surface area contributed by atoms with Gasteiger partial charge in [-0.1, -0.05) is 24.1 Å². The van der Waals surface area contributed by atoms with E-state index < -0.39 is 28.6 Å². The number of aliphatic hydroxyl groups is 1. The van der Waals surface area contributed by atoms with Gasteiger partial charge in [-0.3, -0.25) is 14.3 Å². The number of rotatable bonds is 9. The number of nitrogens with one attached hydrogen (secondary N) is 1. The van der Waals surface area contributed by atoms with Crippen LogP contribution in [0.1, 0.15) is 66.7 Å². The minimum absolute atomic E-state index is 0.0356. The number of pyridine rings is 1. The number of halogens is 2. The monoisotopic (exact) mass is 633 g/mol. The van der Waals surface area contributed by atoms with Gasteiger partial charge in [-0.05, 0) is 68.9 Å². The van der Waals surface area contributed by atoms with Crippen molar-refractivity contribution in [2.75, 3.05) is 20.3 Å². The number of amides is 2. The average Bonchev–Trinajstić information content (AvgIpc) is 3.66. The molecule has 3 aliphatic rings. The third kappa shape index (κ3) is 4.89. The number of benzene rings is 2. The van der Waals surface area contributed by atoms with Crippen LogP contribution >= 0.6 is 11.6 Å². The van der Waals surface area contributed by atoms with Gasteiger partial charge in [0, 0.05) is 28.3 Å². The topological polar surface area (TPSA) is 142 Å². The van der Waals surface area contributed by atoms with Gasteiger partial charge in [0.25, 0.3) is 5.91 Å². The highest BCUT2D eigenvalue weighted by molar-refractivity contribution is 6.30. The predicted molar refractivity (Wildman–Crippen MR) is 165 cm³/mol. The Bertz CT molecular complexity index is 1870. The molecule has 2 fully saturated rings. The summed E-state index contributed by atoms with van der Waals surface area (Å²) in [5.41, 5.74) is 5.32. The van der Waals surface area contributed by atoms with Gasteiger partial charge in [0.05, 0.1) is 30.4 Å². The molecule has 2 aliphatic carbocycles. The molecular formula is C33H33ClFN5O5. The highest BCUT2D eigenvalue weighted by Crippen LogP contribution is 2.49. The first-order chi connectivity index (χ1) is 21.5. The summed E-state index contributed by atoms with van der Waals surface area (Å²) in [6.45, 7) is 1.47. The fourth-order valence-corrected chi connectivity index (χ4v) is 6.35. The molecule has 1 unspecified atom stereocenters. The van der Waals surface area contributed by atoms with Crippen molar-refractivity contribution in [2.24, 2.45) is 11.7 Å². The Kier molecular flexibility index (Phi) is 7.01. The van der Waals surface area contributed by atoms with Crippen molar-refractivity contribution in [1.82, 2.24) is 20.1 Å². The Hall–Kier alpha value is -4.22. The Morgan fingerprint density at radius 2 is 2.02 bits per heavy atom. The maximum absolute atomic E-state index is 14.6. The van der Waals surface area contributed by atoms with Crippen molar-refractivity contribution in [1.29, 1.82) is 0 Å². The van der Waals surface area contributed by atoms with Crippen LogP contribution in [0.25, 0.3) is 22.2 Å². The molecule has 3 heterocycles. The summed E-state index contributed by atoms with van der Waals surface area (Å²) in [6, 6.07) is 9.64. The molecular weight excluding hydrogens is 601 g/mol. The Morgan fingerprint density at radius 1 is 1.24 bits per heavy atom. The molecule has 2 amide bonds. The van der Waals surface area contributed by atoms with Gasteiger partial charge in [0.1, 0.15) is 46.1 Å². The van der Waals surface area contributed by atoms with Crippen LogP contribution in [0, 0.1) is 11.7 Å². The number of hydrogen-bond acceptors (Lipinski definition) is 7. The molecule has 7 rings (SSSR count). The first-order valence-electron chi connectivity index (χ1n) is 15.0. The molecule has 4 N–H and O–H groups in total. The largest absolute Gasteiger partial charge is 0.494 e. The lowest BCUT2D eigenvalue weighted by Crippen LogP contribution is -2.49. The number of primary amides is 1. The van der Waals surface area contributed by atoms with E-state index in [2.05, 4.69) is 10.4 Å². The van der Waals surface area contributed by atoms with E-state index in [-0.39, 0.29) is 41.2 Å². The summed E-state index contributed by atoms with van der Waals surface area (Å²) >= 11 is 5.95. The molecule has 2 atom stereocenters. The van der Waals surface area contributed by atoms with Gasteiger partial charge in [-0.2, -0.15) is 5.10 Å². The van der Waals surface area contributed by atoms with Crippen molar-refractivity contribution >= 4 is 34.3 Å². The molecule has 2 aromatic heterocycles. The minimum atomic E-state index is -1.62. The molecule has 2 saturated carbocycles. The smallest absolute Gasteiger partial charge is 0.251 e. The first-order valence-corrected chi connectivity index (χ1v) is 15.4. The maximum atomic E-state index is 14.6. The van der Waals surface area contributed by atoms with Gasteiger partial charge >= 0.3 is 0 Å². The summed E-state index contributed by atoms with van der Waals surface area (Å²) < 4.78 is 28.0. The van der Waals surface area contributed by atoms with Gasteiger partial charge in [-0.25, -0.2) is 9.37 Å². The van der Waals surface area contributed by atoms with E-state index in [4.69, 9.17) is 31.8 Å². The summed E-state index contributed by atoms with van der Waals surface area (Å²) in [6.07, 6.45) is 6.38. The predicted octanol–water partition coefficient (Wildman–Crippen LogP) is 4.79. The van der Waals surface area contributed by atoms with Crippen LogP contribution in [0.15, 0.2) is 42.6 Å². The number of methoxy groups -OCH3 is 1. The van der Waals surface area contributed by atoms with Crippen molar-refractivity contribution < 1.29 is 28.6 Å². The quantitative estimate of drug-likeness (QED) is 0.241. The second kappa shape index (κ2) is 10.7. The zero-order valence-corrected chi connectivity index (χ0v) is 25.7. The molecule has 4 aromatic rings. The zero-order valence-electron chi connectivity index (χ0n) is 24.9. The lowest BCUT2D eigenvalue weighted by Gasteiger charge is -2.41. The summed E-state index contributed by atoms with van der Waals surface area (Å²) in [5, 5.41) is 20.7.